The minimum absolute atomic E-state index is 0.469. The lowest BCUT2D eigenvalue weighted by Crippen LogP contribution is -2.29. The second kappa shape index (κ2) is 8.38. The lowest BCUT2D eigenvalue weighted by Gasteiger charge is -2.18. The third kappa shape index (κ3) is 4.73. The Bertz CT molecular complexity index is 550. The van der Waals surface area contributed by atoms with Crippen molar-refractivity contribution in [1.82, 2.24) is 5.32 Å². The number of amidine groups is 1. The molecule has 2 amide bonds. The number of carbonyl (C=O) groups is 1. The molecule has 0 unspecified atom stereocenters. The molecule has 0 aromatic heterocycles. The maximum Gasteiger partial charge on any atom is 0.312 e. The van der Waals surface area contributed by atoms with Gasteiger partial charge in [-0.25, -0.2) is 4.79 Å². The zero-order valence-electron chi connectivity index (χ0n) is 12.3. The van der Waals surface area contributed by atoms with Crippen LogP contribution in [-0.2, 0) is 0 Å². The van der Waals surface area contributed by atoms with Crippen molar-refractivity contribution >= 4 is 29.7 Å². The number of carbonyl (C=O) groups excluding carboxylic acids is 1. The first-order valence-electron chi connectivity index (χ1n) is 7.23. The lowest BCUT2D eigenvalue weighted by atomic mass is 10.1. The quantitative estimate of drug-likeness (QED) is 0.431. The molecule has 1 heterocycles. The number of urea groups is 1. The molecule has 1 aromatic rings. The van der Waals surface area contributed by atoms with Crippen LogP contribution in [0.1, 0.15) is 31.2 Å². The van der Waals surface area contributed by atoms with Crippen molar-refractivity contribution in [2.45, 2.75) is 25.7 Å². The van der Waals surface area contributed by atoms with E-state index in [1.807, 2.05) is 18.2 Å². The molecule has 7 nitrogen and oxygen atoms in total. The number of fused-ring (bicyclic) bond motifs is 1. The maximum atomic E-state index is 10.5. The summed E-state index contributed by atoms with van der Waals surface area (Å²) < 4.78 is 13.0. The number of hydrogen-bond donors (Lipinski definition) is 4. The highest BCUT2D eigenvalue weighted by Crippen LogP contribution is 2.32. The number of nitrogens with zero attached hydrogens (tertiary/aromatic N) is 1. The van der Waals surface area contributed by atoms with Crippen molar-refractivity contribution in [2.24, 2.45) is 15.9 Å². The second-order valence-electron chi connectivity index (χ2n) is 4.90. The van der Waals surface area contributed by atoms with Gasteiger partial charge in [0, 0.05) is 6.54 Å². The fourth-order valence-electron chi connectivity index (χ4n) is 2.14. The molecule has 1 aliphatic heterocycles. The maximum absolute atomic E-state index is 10.5. The number of benzene rings is 1. The first-order chi connectivity index (χ1) is 10.7. The highest BCUT2D eigenvalue weighted by molar-refractivity contribution is 7.99. The molecule has 0 saturated carbocycles. The van der Waals surface area contributed by atoms with Gasteiger partial charge in [-0.15, -0.1) is 0 Å². The highest BCUT2D eigenvalue weighted by Gasteiger charge is 2.17. The van der Waals surface area contributed by atoms with Gasteiger partial charge in [-0.2, -0.15) is 4.40 Å². The molecule has 0 atom stereocenters. The van der Waals surface area contributed by atoms with Crippen LogP contribution in [0.15, 0.2) is 22.6 Å². The molecule has 0 bridgehead atoms. The molecular weight excluding hydrogens is 302 g/mol. The number of hydrogen-bond acceptors (Lipinski definition) is 6. The molecule has 0 saturated heterocycles. The molecule has 0 fully saturated rings. The van der Waals surface area contributed by atoms with Gasteiger partial charge >= 0.3 is 6.03 Å². The zero-order valence-corrected chi connectivity index (χ0v) is 13.1. The average Bonchev–Trinajstić information content (AvgIpc) is 2.50. The predicted molar refractivity (Wildman–Crippen MR) is 89.9 cm³/mol. The molecular formula is C14H21N5O2S. The molecule has 8 heteroatoms. The van der Waals surface area contributed by atoms with Crippen molar-refractivity contribution in [3.8, 4) is 5.75 Å². The fourth-order valence-corrected chi connectivity index (χ4v) is 2.65. The molecule has 0 radical (unpaired) electrons. The van der Waals surface area contributed by atoms with Gasteiger partial charge in [-0.3, -0.25) is 0 Å². The van der Waals surface area contributed by atoms with Crippen LogP contribution in [0.4, 0.5) is 10.5 Å². The van der Waals surface area contributed by atoms with Gasteiger partial charge in [0.05, 0.1) is 30.0 Å². The monoisotopic (exact) mass is 323 g/mol. The molecule has 1 aliphatic rings. The molecule has 0 spiro atoms. The number of nitrogens with two attached hydrogens (primary N) is 2. The van der Waals surface area contributed by atoms with Crippen LogP contribution in [0.5, 0.6) is 5.75 Å². The summed E-state index contributed by atoms with van der Waals surface area (Å²) in [4.78, 5) is 10.5. The number of ether oxygens (including phenoxy) is 1. The summed E-state index contributed by atoms with van der Waals surface area (Å²) in [7, 11) is 0. The largest absolute Gasteiger partial charge is 0.493 e. The summed E-state index contributed by atoms with van der Waals surface area (Å²) in [6.07, 6.45) is 3.93. The SMILES string of the molecule is NC(=O)NCCCCCCOc1cccc2c1C(N)=NSN2. The van der Waals surface area contributed by atoms with Crippen molar-refractivity contribution in [3.63, 3.8) is 0 Å². The fraction of sp³-hybridized carbons (Fsp3) is 0.429. The number of nitrogens with one attached hydrogen (secondary N) is 2. The normalized spacial score (nSPS) is 12.8. The van der Waals surface area contributed by atoms with E-state index < -0.39 is 6.03 Å². The first kappa shape index (κ1) is 16.3. The highest BCUT2D eigenvalue weighted by atomic mass is 32.2. The second-order valence-corrected chi connectivity index (χ2v) is 5.47. The number of rotatable bonds is 8. The van der Waals surface area contributed by atoms with E-state index in [-0.39, 0.29) is 0 Å². The Balaban J connectivity index is 1.70. The molecule has 120 valence electrons. The Morgan fingerprint density at radius 3 is 2.95 bits per heavy atom. The minimum Gasteiger partial charge on any atom is -0.493 e. The Labute approximate surface area is 134 Å². The molecule has 1 aromatic carbocycles. The third-order valence-corrected chi connectivity index (χ3v) is 3.81. The minimum atomic E-state index is -0.469. The van der Waals surface area contributed by atoms with E-state index in [4.69, 9.17) is 16.2 Å². The van der Waals surface area contributed by atoms with Gasteiger partial charge in [0.25, 0.3) is 0 Å². The van der Waals surface area contributed by atoms with Crippen molar-refractivity contribution < 1.29 is 9.53 Å². The van der Waals surface area contributed by atoms with Crippen molar-refractivity contribution in [1.29, 1.82) is 0 Å². The van der Waals surface area contributed by atoms with E-state index in [2.05, 4.69) is 14.4 Å². The zero-order chi connectivity index (χ0) is 15.8. The molecule has 0 aliphatic carbocycles. The number of amides is 2. The summed E-state index contributed by atoms with van der Waals surface area (Å²) in [5.41, 5.74) is 12.7. The Kier molecular flexibility index (Phi) is 6.20. The standard InChI is InChI=1S/C14H21N5O2S/c15-13-12-10(18-22-19-13)6-5-7-11(12)21-9-4-2-1-3-8-17-14(16)20/h5-7,18H,1-4,8-9H2,(H2,15,19)(H3,16,17,20). The molecule has 2 rings (SSSR count). The van der Waals surface area contributed by atoms with Gasteiger partial charge in [0.2, 0.25) is 0 Å². The van der Waals surface area contributed by atoms with Crippen molar-refractivity contribution in [3.05, 3.63) is 23.8 Å². The van der Waals surface area contributed by atoms with Crippen LogP contribution in [0.3, 0.4) is 0 Å². The topological polar surface area (TPSA) is 115 Å². The summed E-state index contributed by atoms with van der Waals surface area (Å²) in [6, 6.07) is 5.30. The van der Waals surface area contributed by atoms with Crippen LogP contribution < -0.4 is 26.2 Å². The van der Waals surface area contributed by atoms with E-state index >= 15 is 0 Å². The summed E-state index contributed by atoms with van der Waals surface area (Å²) in [5, 5.41) is 2.57. The van der Waals surface area contributed by atoms with Gasteiger partial charge in [-0.1, -0.05) is 18.9 Å². The predicted octanol–water partition coefficient (Wildman–Crippen LogP) is 1.99. The number of anilines is 1. The van der Waals surface area contributed by atoms with Crippen LogP contribution in [-0.4, -0.2) is 25.0 Å². The average molecular weight is 323 g/mol. The van der Waals surface area contributed by atoms with Crippen LogP contribution in [0, 0.1) is 0 Å². The van der Waals surface area contributed by atoms with E-state index in [1.54, 1.807) is 0 Å². The van der Waals surface area contributed by atoms with Gasteiger partial charge in [0.1, 0.15) is 11.6 Å². The smallest absolute Gasteiger partial charge is 0.312 e. The summed E-state index contributed by atoms with van der Waals surface area (Å²) in [5.74, 6) is 1.23. The summed E-state index contributed by atoms with van der Waals surface area (Å²) >= 11 is 1.21. The van der Waals surface area contributed by atoms with Gasteiger partial charge < -0.3 is 26.2 Å². The first-order valence-corrected chi connectivity index (χ1v) is 8.01. The van der Waals surface area contributed by atoms with E-state index in [1.165, 1.54) is 12.1 Å². The van der Waals surface area contributed by atoms with Gasteiger partial charge in [0.15, 0.2) is 0 Å². The van der Waals surface area contributed by atoms with Crippen LogP contribution in [0.25, 0.3) is 0 Å². The molecule has 22 heavy (non-hydrogen) atoms. The Morgan fingerprint density at radius 1 is 1.32 bits per heavy atom. The van der Waals surface area contributed by atoms with Crippen molar-refractivity contribution in [2.75, 3.05) is 17.9 Å². The number of primary amides is 1. The van der Waals surface area contributed by atoms with E-state index in [0.29, 0.717) is 19.0 Å². The van der Waals surface area contributed by atoms with Gasteiger partial charge in [-0.05, 0) is 25.0 Å². The summed E-state index contributed by atoms with van der Waals surface area (Å²) in [6.45, 7) is 1.25. The Morgan fingerprint density at radius 2 is 2.14 bits per heavy atom. The number of unbranched alkanes of at least 4 members (excludes halogenated alkanes) is 3. The van der Waals surface area contributed by atoms with E-state index in [9.17, 15) is 4.79 Å². The molecule has 6 N–H and O–H groups in total. The third-order valence-electron chi connectivity index (χ3n) is 3.21. The van der Waals surface area contributed by atoms with Crippen LogP contribution in [0.2, 0.25) is 0 Å². The lowest BCUT2D eigenvalue weighted by molar-refractivity contribution is 0.248. The van der Waals surface area contributed by atoms with Crippen LogP contribution >= 0.6 is 12.1 Å². The van der Waals surface area contributed by atoms with E-state index in [0.717, 1.165) is 42.7 Å². The Hall–Kier alpha value is -2.09.